The molecule has 29 heavy (non-hydrogen) atoms. The molecule has 1 saturated heterocycles. The highest BCUT2D eigenvalue weighted by Crippen LogP contribution is 2.33. The van der Waals surface area contributed by atoms with E-state index in [9.17, 15) is 4.79 Å². The van der Waals surface area contributed by atoms with Crippen molar-refractivity contribution < 1.29 is 9.53 Å². The number of pyridine rings is 1. The summed E-state index contributed by atoms with van der Waals surface area (Å²) in [7, 11) is 0. The number of hydrogen-bond acceptors (Lipinski definition) is 6. The van der Waals surface area contributed by atoms with Gasteiger partial charge < -0.3 is 10.1 Å². The maximum atomic E-state index is 12.9. The molecule has 0 saturated carbocycles. The summed E-state index contributed by atoms with van der Waals surface area (Å²) < 4.78 is 5.39. The second-order valence-electron chi connectivity index (χ2n) is 7.23. The summed E-state index contributed by atoms with van der Waals surface area (Å²) in [5, 5.41) is 3.80. The third kappa shape index (κ3) is 3.62. The summed E-state index contributed by atoms with van der Waals surface area (Å²) in [5.74, 6) is -0.191. The third-order valence-corrected chi connectivity index (χ3v) is 5.39. The van der Waals surface area contributed by atoms with Crippen LogP contribution in [-0.4, -0.2) is 58.6 Å². The summed E-state index contributed by atoms with van der Waals surface area (Å²) >= 11 is 0. The predicted octanol–water partition coefficient (Wildman–Crippen LogP) is 2.39. The molecule has 1 aromatic carbocycles. The molecule has 0 bridgehead atoms. The normalized spacial score (nSPS) is 16.1. The van der Waals surface area contributed by atoms with Gasteiger partial charge >= 0.3 is 0 Å². The number of anilines is 1. The number of carbonyl (C=O) groups is 1. The van der Waals surface area contributed by atoms with Gasteiger partial charge in [-0.25, -0.2) is 9.97 Å². The van der Waals surface area contributed by atoms with Crippen molar-refractivity contribution in [2.75, 3.05) is 38.2 Å². The minimum Gasteiger partial charge on any atom is -0.379 e. The van der Waals surface area contributed by atoms with Crippen molar-refractivity contribution in [3.05, 3.63) is 59.8 Å². The van der Waals surface area contributed by atoms with Crippen LogP contribution < -0.4 is 5.32 Å². The van der Waals surface area contributed by atoms with Crippen LogP contribution in [0.4, 0.5) is 5.69 Å². The van der Waals surface area contributed by atoms with Gasteiger partial charge in [-0.05, 0) is 36.3 Å². The zero-order chi connectivity index (χ0) is 19.6. The van der Waals surface area contributed by atoms with Gasteiger partial charge in [0.05, 0.1) is 41.1 Å². The van der Waals surface area contributed by atoms with E-state index in [2.05, 4.69) is 37.3 Å². The van der Waals surface area contributed by atoms with E-state index in [0.717, 1.165) is 61.6 Å². The monoisotopic (exact) mass is 387 g/mol. The van der Waals surface area contributed by atoms with E-state index in [0.29, 0.717) is 11.3 Å². The molecule has 1 amide bonds. The van der Waals surface area contributed by atoms with Crippen LogP contribution in [0, 0.1) is 0 Å². The van der Waals surface area contributed by atoms with Crippen molar-refractivity contribution in [3.63, 3.8) is 0 Å². The maximum Gasteiger partial charge on any atom is 0.257 e. The Balaban J connectivity index is 1.25. The second kappa shape index (κ2) is 7.69. The van der Waals surface area contributed by atoms with Gasteiger partial charge in [-0.2, -0.15) is 0 Å². The minimum atomic E-state index is -0.191. The van der Waals surface area contributed by atoms with Gasteiger partial charge in [0.2, 0.25) is 0 Å². The van der Waals surface area contributed by atoms with E-state index in [1.807, 2.05) is 18.2 Å². The van der Waals surface area contributed by atoms with Gasteiger partial charge in [0.1, 0.15) is 6.33 Å². The smallest absolute Gasteiger partial charge is 0.257 e. The summed E-state index contributed by atoms with van der Waals surface area (Å²) in [4.78, 5) is 28.2. The SMILES string of the molecule is O=C(Nc1ccc(CCN2CCOCC2)cc1)C1=Cc2nccc3ncnc1c23. The Kier molecular flexibility index (Phi) is 4.75. The average Bonchev–Trinajstić information content (AvgIpc) is 3.15. The van der Waals surface area contributed by atoms with Crippen LogP contribution in [0.3, 0.4) is 0 Å². The second-order valence-corrected chi connectivity index (χ2v) is 7.23. The molecule has 1 aliphatic carbocycles. The highest BCUT2D eigenvalue weighted by Gasteiger charge is 2.24. The molecule has 0 atom stereocenters. The molecule has 7 heteroatoms. The minimum absolute atomic E-state index is 0.191. The van der Waals surface area contributed by atoms with Gasteiger partial charge in [0, 0.05) is 31.5 Å². The number of nitrogens with zero attached hydrogens (tertiary/aromatic N) is 4. The van der Waals surface area contributed by atoms with E-state index in [4.69, 9.17) is 4.74 Å². The van der Waals surface area contributed by atoms with Gasteiger partial charge in [0.15, 0.2) is 0 Å². The highest BCUT2D eigenvalue weighted by atomic mass is 16.5. The van der Waals surface area contributed by atoms with Gasteiger partial charge in [-0.15, -0.1) is 0 Å². The molecule has 7 nitrogen and oxygen atoms in total. The highest BCUT2D eigenvalue weighted by molar-refractivity contribution is 6.33. The number of benzene rings is 1. The first-order valence-corrected chi connectivity index (χ1v) is 9.80. The number of hydrogen-bond donors (Lipinski definition) is 1. The Morgan fingerprint density at radius 3 is 2.72 bits per heavy atom. The quantitative estimate of drug-likeness (QED) is 0.724. The molecular weight excluding hydrogens is 366 g/mol. The van der Waals surface area contributed by atoms with Gasteiger partial charge in [-0.3, -0.25) is 14.7 Å². The lowest BCUT2D eigenvalue weighted by Crippen LogP contribution is -2.37. The number of ether oxygens (including phenoxy) is 1. The van der Waals surface area contributed by atoms with Crippen molar-refractivity contribution >= 4 is 34.1 Å². The first-order chi connectivity index (χ1) is 14.3. The van der Waals surface area contributed by atoms with Crippen LogP contribution in [0.15, 0.2) is 42.9 Å². The Morgan fingerprint density at radius 2 is 1.90 bits per heavy atom. The Bertz CT molecular complexity index is 1080. The number of rotatable bonds is 5. The van der Waals surface area contributed by atoms with Crippen LogP contribution in [-0.2, 0) is 16.0 Å². The van der Waals surface area contributed by atoms with Crippen molar-refractivity contribution in [2.24, 2.45) is 0 Å². The summed E-state index contributed by atoms with van der Waals surface area (Å²) in [5.41, 5.74) is 4.70. The molecule has 1 fully saturated rings. The standard InChI is InChI=1S/C22H21N5O2/c28-22(17-13-19-20-18(5-7-23-19)24-14-25-21(17)20)26-16-3-1-15(2-4-16)6-8-27-9-11-29-12-10-27/h1-5,7,13-14H,6,8-12H2,(H,26,28). The first kappa shape index (κ1) is 17.9. The Labute approximate surface area is 168 Å². The molecule has 0 unspecified atom stereocenters. The maximum absolute atomic E-state index is 12.9. The number of morpholine rings is 1. The van der Waals surface area contributed by atoms with E-state index < -0.39 is 0 Å². The summed E-state index contributed by atoms with van der Waals surface area (Å²) in [6, 6.07) is 9.86. The number of carbonyl (C=O) groups excluding carboxylic acids is 1. The molecule has 146 valence electrons. The van der Waals surface area contributed by atoms with E-state index in [-0.39, 0.29) is 5.91 Å². The van der Waals surface area contributed by atoms with Crippen LogP contribution in [0.5, 0.6) is 0 Å². The molecule has 1 N–H and O–H groups in total. The largest absolute Gasteiger partial charge is 0.379 e. The van der Waals surface area contributed by atoms with Crippen LogP contribution in [0.2, 0.25) is 0 Å². The van der Waals surface area contributed by atoms with Crippen LogP contribution in [0.1, 0.15) is 17.0 Å². The van der Waals surface area contributed by atoms with Crippen LogP contribution >= 0.6 is 0 Å². The predicted molar refractivity (Wildman–Crippen MR) is 111 cm³/mol. The molecule has 3 heterocycles. The lowest BCUT2D eigenvalue weighted by atomic mass is 10.1. The topological polar surface area (TPSA) is 80.2 Å². The molecule has 0 spiro atoms. The summed E-state index contributed by atoms with van der Waals surface area (Å²) in [6.07, 6.45) is 5.94. The van der Waals surface area contributed by atoms with E-state index in [1.165, 1.54) is 11.9 Å². The van der Waals surface area contributed by atoms with Crippen LogP contribution in [0.25, 0.3) is 22.6 Å². The zero-order valence-corrected chi connectivity index (χ0v) is 16.0. The van der Waals surface area contributed by atoms with Crippen molar-refractivity contribution in [2.45, 2.75) is 6.42 Å². The molecule has 2 aromatic heterocycles. The fourth-order valence-corrected chi connectivity index (χ4v) is 3.79. The molecular formula is C22H21N5O2. The fraction of sp³-hybridized carbons (Fsp3) is 0.273. The lowest BCUT2D eigenvalue weighted by Gasteiger charge is -2.26. The molecule has 3 aromatic rings. The molecule has 0 radical (unpaired) electrons. The summed E-state index contributed by atoms with van der Waals surface area (Å²) in [6.45, 7) is 4.65. The van der Waals surface area contributed by atoms with Crippen molar-refractivity contribution in [1.82, 2.24) is 19.9 Å². The average molecular weight is 387 g/mol. The lowest BCUT2D eigenvalue weighted by molar-refractivity contribution is -0.111. The molecule has 2 aliphatic rings. The number of aromatic nitrogens is 3. The third-order valence-electron chi connectivity index (χ3n) is 5.39. The molecule has 1 aliphatic heterocycles. The van der Waals surface area contributed by atoms with Gasteiger partial charge in [0.25, 0.3) is 5.91 Å². The van der Waals surface area contributed by atoms with E-state index >= 15 is 0 Å². The van der Waals surface area contributed by atoms with Crippen molar-refractivity contribution in [3.8, 4) is 0 Å². The Morgan fingerprint density at radius 1 is 1.07 bits per heavy atom. The Hall–Kier alpha value is -3.16. The zero-order valence-electron chi connectivity index (χ0n) is 16.0. The molecule has 5 rings (SSSR count). The van der Waals surface area contributed by atoms with E-state index in [1.54, 1.807) is 12.3 Å². The van der Waals surface area contributed by atoms with Crippen molar-refractivity contribution in [1.29, 1.82) is 0 Å². The first-order valence-electron chi connectivity index (χ1n) is 9.80. The number of nitrogens with one attached hydrogen (secondary N) is 1. The fourth-order valence-electron chi connectivity index (χ4n) is 3.79. The number of amides is 1. The van der Waals surface area contributed by atoms with Gasteiger partial charge in [-0.1, -0.05) is 12.1 Å².